The van der Waals surface area contributed by atoms with Crippen molar-refractivity contribution in [2.75, 3.05) is 6.61 Å². The number of aliphatic carboxylic acids is 1. The molecule has 110 valence electrons. The highest BCUT2D eigenvalue weighted by Crippen LogP contribution is 2.42. The van der Waals surface area contributed by atoms with Gasteiger partial charge in [-0.05, 0) is 69.1 Å². The van der Waals surface area contributed by atoms with Gasteiger partial charge in [0.1, 0.15) is 0 Å². The Labute approximate surface area is 116 Å². The van der Waals surface area contributed by atoms with Crippen LogP contribution in [-0.2, 0) is 4.79 Å². The second-order valence-corrected chi connectivity index (χ2v) is 6.60. The minimum atomic E-state index is -0.592. The first-order valence-electron chi connectivity index (χ1n) is 8.04. The van der Waals surface area contributed by atoms with Crippen LogP contribution in [0.2, 0.25) is 0 Å². The Kier molecular flexibility index (Phi) is 5.68. The molecule has 0 aromatic rings. The molecule has 3 nitrogen and oxygen atoms in total. The first kappa shape index (κ1) is 14.8. The van der Waals surface area contributed by atoms with Crippen molar-refractivity contribution in [1.29, 1.82) is 0 Å². The first-order valence-corrected chi connectivity index (χ1v) is 8.04. The molecule has 2 N–H and O–H groups in total. The van der Waals surface area contributed by atoms with Crippen LogP contribution < -0.4 is 0 Å². The molecule has 0 bridgehead atoms. The highest BCUT2D eigenvalue weighted by molar-refractivity contribution is 5.69. The molecule has 2 aliphatic carbocycles. The third-order valence-electron chi connectivity index (χ3n) is 5.45. The van der Waals surface area contributed by atoms with Crippen LogP contribution in [0.25, 0.3) is 0 Å². The van der Waals surface area contributed by atoms with Gasteiger partial charge in [-0.3, -0.25) is 4.79 Å². The minimum Gasteiger partial charge on any atom is -0.481 e. The summed E-state index contributed by atoms with van der Waals surface area (Å²) in [4.78, 5) is 11.0. The normalized spacial score (nSPS) is 36.1. The lowest BCUT2D eigenvalue weighted by Crippen LogP contribution is -2.28. The van der Waals surface area contributed by atoms with Crippen LogP contribution in [0.3, 0.4) is 0 Å². The molecule has 2 aliphatic rings. The quantitative estimate of drug-likeness (QED) is 0.803. The van der Waals surface area contributed by atoms with E-state index in [4.69, 9.17) is 10.2 Å². The fourth-order valence-corrected chi connectivity index (χ4v) is 4.17. The Morgan fingerprint density at radius 1 is 0.895 bits per heavy atom. The second kappa shape index (κ2) is 7.28. The molecule has 0 atom stereocenters. The number of hydrogen-bond donors (Lipinski definition) is 2. The van der Waals surface area contributed by atoms with Gasteiger partial charge in [-0.1, -0.05) is 12.8 Å². The van der Waals surface area contributed by atoms with Gasteiger partial charge in [0.25, 0.3) is 0 Å². The van der Waals surface area contributed by atoms with Gasteiger partial charge in [-0.25, -0.2) is 0 Å². The number of hydrogen-bond acceptors (Lipinski definition) is 2. The summed E-state index contributed by atoms with van der Waals surface area (Å²) < 4.78 is 0. The van der Waals surface area contributed by atoms with Crippen molar-refractivity contribution in [3.63, 3.8) is 0 Å². The molecule has 0 aromatic carbocycles. The van der Waals surface area contributed by atoms with Crippen LogP contribution in [-0.4, -0.2) is 22.8 Å². The third-order valence-corrected chi connectivity index (χ3v) is 5.45. The van der Waals surface area contributed by atoms with E-state index in [9.17, 15) is 4.79 Å². The predicted octanol–water partition coefficient (Wildman–Crippen LogP) is 3.46. The van der Waals surface area contributed by atoms with E-state index in [2.05, 4.69) is 0 Å². The fourth-order valence-electron chi connectivity index (χ4n) is 4.17. The number of carbonyl (C=O) groups is 1. The first-order chi connectivity index (χ1) is 9.20. The summed E-state index contributed by atoms with van der Waals surface area (Å²) in [6, 6.07) is 0. The molecule has 2 fully saturated rings. The van der Waals surface area contributed by atoms with Crippen molar-refractivity contribution in [2.24, 2.45) is 23.7 Å². The number of carboxylic acid groups (broad SMARTS) is 1. The third kappa shape index (κ3) is 4.20. The maximum atomic E-state index is 11.0. The van der Waals surface area contributed by atoms with Crippen LogP contribution in [0.5, 0.6) is 0 Å². The van der Waals surface area contributed by atoms with Crippen molar-refractivity contribution in [3.8, 4) is 0 Å². The number of aliphatic hydroxyl groups is 1. The zero-order chi connectivity index (χ0) is 13.7. The molecule has 0 saturated heterocycles. The van der Waals surface area contributed by atoms with E-state index in [0.717, 1.165) is 49.9 Å². The van der Waals surface area contributed by atoms with Gasteiger partial charge in [0.15, 0.2) is 0 Å². The fraction of sp³-hybridized carbons (Fsp3) is 0.938. The Morgan fingerprint density at radius 3 is 1.89 bits per heavy atom. The summed E-state index contributed by atoms with van der Waals surface area (Å²) in [5.41, 5.74) is 0. The summed E-state index contributed by atoms with van der Waals surface area (Å²) in [5, 5.41) is 17.9. The SMILES string of the molecule is O=C(O)C1CCC(C2CCC(CCCO)CC2)CC1. The summed E-state index contributed by atoms with van der Waals surface area (Å²) in [5.74, 6) is 1.80. The molecule has 0 aromatic heterocycles. The molecule has 3 heteroatoms. The molecule has 0 radical (unpaired) electrons. The maximum Gasteiger partial charge on any atom is 0.306 e. The largest absolute Gasteiger partial charge is 0.481 e. The van der Waals surface area contributed by atoms with Gasteiger partial charge in [0, 0.05) is 6.61 Å². The smallest absolute Gasteiger partial charge is 0.306 e. The Bertz CT molecular complexity index is 274. The minimum absolute atomic E-state index is 0.0721. The van der Waals surface area contributed by atoms with E-state index < -0.39 is 5.97 Å². The molecule has 2 saturated carbocycles. The van der Waals surface area contributed by atoms with E-state index in [0.29, 0.717) is 6.61 Å². The van der Waals surface area contributed by atoms with E-state index in [1.54, 1.807) is 0 Å². The molecule has 0 unspecified atom stereocenters. The predicted molar refractivity (Wildman–Crippen MR) is 74.9 cm³/mol. The topological polar surface area (TPSA) is 57.5 Å². The lowest BCUT2D eigenvalue weighted by molar-refractivity contribution is -0.143. The monoisotopic (exact) mass is 268 g/mol. The molecule has 0 heterocycles. The lowest BCUT2D eigenvalue weighted by atomic mass is 9.69. The molecule has 0 aliphatic heterocycles. The van der Waals surface area contributed by atoms with Gasteiger partial charge >= 0.3 is 5.97 Å². The summed E-state index contributed by atoms with van der Waals surface area (Å²) in [7, 11) is 0. The number of rotatable bonds is 5. The van der Waals surface area contributed by atoms with Gasteiger partial charge in [0.2, 0.25) is 0 Å². The van der Waals surface area contributed by atoms with Gasteiger partial charge in [-0.15, -0.1) is 0 Å². The summed E-state index contributed by atoms with van der Waals surface area (Å²) >= 11 is 0. The standard InChI is InChI=1S/C16H28O3/c17-11-1-2-12-3-5-13(6-4-12)14-7-9-15(10-8-14)16(18)19/h12-15,17H,1-11H2,(H,18,19). The molecule has 0 spiro atoms. The maximum absolute atomic E-state index is 11.0. The van der Waals surface area contributed by atoms with Crippen LogP contribution >= 0.6 is 0 Å². The molecule has 19 heavy (non-hydrogen) atoms. The van der Waals surface area contributed by atoms with Gasteiger partial charge in [-0.2, -0.15) is 0 Å². The van der Waals surface area contributed by atoms with Crippen LogP contribution in [0.4, 0.5) is 0 Å². The van der Waals surface area contributed by atoms with Crippen LogP contribution in [0.15, 0.2) is 0 Å². The van der Waals surface area contributed by atoms with Crippen LogP contribution in [0.1, 0.15) is 64.2 Å². The average molecular weight is 268 g/mol. The molecule has 0 amide bonds. The van der Waals surface area contributed by atoms with Gasteiger partial charge in [0.05, 0.1) is 5.92 Å². The van der Waals surface area contributed by atoms with Crippen molar-refractivity contribution < 1.29 is 15.0 Å². The zero-order valence-electron chi connectivity index (χ0n) is 11.9. The van der Waals surface area contributed by atoms with E-state index in [-0.39, 0.29) is 5.92 Å². The van der Waals surface area contributed by atoms with Crippen molar-refractivity contribution in [1.82, 2.24) is 0 Å². The van der Waals surface area contributed by atoms with Crippen LogP contribution in [0, 0.1) is 23.7 Å². The Hall–Kier alpha value is -0.570. The highest BCUT2D eigenvalue weighted by Gasteiger charge is 2.32. The molecular weight excluding hydrogens is 240 g/mol. The second-order valence-electron chi connectivity index (χ2n) is 6.60. The van der Waals surface area contributed by atoms with Crippen molar-refractivity contribution in [2.45, 2.75) is 64.2 Å². The Balaban J connectivity index is 1.69. The number of carboxylic acids is 1. The number of aliphatic hydroxyl groups excluding tert-OH is 1. The highest BCUT2D eigenvalue weighted by atomic mass is 16.4. The average Bonchev–Trinajstić information content (AvgIpc) is 2.46. The molecular formula is C16H28O3. The van der Waals surface area contributed by atoms with E-state index in [1.807, 2.05) is 0 Å². The van der Waals surface area contributed by atoms with Crippen molar-refractivity contribution >= 4 is 5.97 Å². The Morgan fingerprint density at radius 2 is 1.42 bits per heavy atom. The van der Waals surface area contributed by atoms with Crippen molar-refractivity contribution in [3.05, 3.63) is 0 Å². The van der Waals surface area contributed by atoms with Gasteiger partial charge < -0.3 is 10.2 Å². The summed E-state index contributed by atoms with van der Waals surface area (Å²) in [6.07, 6.45) is 11.5. The summed E-state index contributed by atoms with van der Waals surface area (Å²) in [6.45, 7) is 0.332. The molecule has 2 rings (SSSR count). The van der Waals surface area contributed by atoms with E-state index in [1.165, 1.54) is 32.1 Å². The van der Waals surface area contributed by atoms with E-state index >= 15 is 0 Å². The lowest BCUT2D eigenvalue weighted by Gasteiger charge is -2.37. The zero-order valence-corrected chi connectivity index (χ0v) is 11.9.